The Balaban J connectivity index is 2.05. The molecule has 1 aromatic carbocycles. The highest BCUT2D eigenvalue weighted by atomic mass is 16.5. The Morgan fingerprint density at radius 1 is 1.29 bits per heavy atom. The minimum atomic E-state index is -0.244. The van der Waals surface area contributed by atoms with E-state index >= 15 is 0 Å². The predicted molar refractivity (Wildman–Crippen MR) is 86.4 cm³/mol. The van der Waals surface area contributed by atoms with Crippen LogP contribution in [-0.4, -0.2) is 30.0 Å². The first kappa shape index (κ1) is 16.5. The van der Waals surface area contributed by atoms with Gasteiger partial charge in [-0.05, 0) is 43.9 Å². The van der Waals surface area contributed by atoms with E-state index in [1.165, 1.54) is 16.7 Å². The maximum Gasteiger partial charge on any atom is 0.0663 e. The summed E-state index contributed by atoms with van der Waals surface area (Å²) in [7, 11) is 0. The van der Waals surface area contributed by atoms with Crippen molar-refractivity contribution in [2.45, 2.75) is 59.2 Å². The third-order valence-corrected chi connectivity index (χ3v) is 5.41. The summed E-state index contributed by atoms with van der Waals surface area (Å²) in [4.78, 5) is 0. The van der Waals surface area contributed by atoms with E-state index in [0.29, 0.717) is 0 Å². The molecular weight excluding hydrogens is 262 g/mol. The van der Waals surface area contributed by atoms with Crippen LogP contribution in [0.5, 0.6) is 0 Å². The van der Waals surface area contributed by atoms with Gasteiger partial charge in [-0.2, -0.15) is 0 Å². The normalized spacial score (nSPS) is 27.4. The highest BCUT2D eigenvalue weighted by Gasteiger charge is 2.60. The van der Waals surface area contributed by atoms with Crippen LogP contribution in [0, 0.1) is 19.3 Å². The Hall–Kier alpha value is -0.900. The van der Waals surface area contributed by atoms with Crippen LogP contribution in [0.2, 0.25) is 0 Å². The Morgan fingerprint density at radius 2 is 2.00 bits per heavy atom. The number of ether oxygens (including phenoxy) is 1. The summed E-state index contributed by atoms with van der Waals surface area (Å²) in [5.41, 5.74) is 3.59. The van der Waals surface area contributed by atoms with Crippen LogP contribution in [0.25, 0.3) is 0 Å². The summed E-state index contributed by atoms with van der Waals surface area (Å²) in [6.07, 6.45) is 1.09. The number of nitrogens with one attached hydrogen (secondary N) is 1. The van der Waals surface area contributed by atoms with E-state index in [1.54, 1.807) is 0 Å². The van der Waals surface area contributed by atoms with E-state index in [-0.39, 0.29) is 23.7 Å². The highest BCUT2D eigenvalue weighted by molar-refractivity contribution is 5.30. The van der Waals surface area contributed by atoms with Crippen molar-refractivity contribution in [1.29, 1.82) is 0 Å². The number of aliphatic hydroxyl groups excluding tert-OH is 1. The standard InChI is InChI=1S/C18H29NO2/c1-6-21-16-10-18(12-20,17(16,4)5)19-11-15-8-7-13(2)14(3)9-15/h7-9,16,19-20H,6,10-12H2,1-5H3. The average Bonchev–Trinajstić information content (AvgIpc) is 2.45. The first-order valence-corrected chi connectivity index (χ1v) is 7.90. The SMILES string of the molecule is CCOC1CC(CO)(NCc2ccc(C)c(C)c2)C1(C)C. The van der Waals surface area contributed by atoms with Crippen molar-refractivity contribution in [3.8, 4) is 0 Å². The molecule has 0 radical (unpaired) electrons. The highest BCUT2D eigenvalue weighted by Crippen LogP contribution is 2.51. The Morgan fingerprint density at radius 3 is 2.52 bits per heavy atom. The number of benzene rings is 1. The summed E-state index contributed by atoms with van der Waals surface area (Å²) in [5, 5.41) is 13.5. The average molecular weight is 291 g/mol. The van der Waals surface area contributed by atoms with Crippen molar-refractivity contribution in [1.82, 2.24) is 5.32 Å². The minimum Gasteiger partial charge on any atom is -0.394 e. The smallest absolute Gasteiger partial charge is 0.0663 e. The molecule has 2 N–H and O–H groups in total. The van der Waals surface area contributed by atoms with Gasteiger partial charge in [-0.25, -0.2) is 0 Å². The van der Waals surface area contributed by atoms with Crippen LogP contribution in [0.3, 0.4) is 0 Å². The lowest BCUT2D eigenvalue weighted by Gasteiger charge is -2.60. The molecule has 0 bridgehead atoms. The monoisotopic (exact) mass is 291 g/mol. The van der Waals surface area contributed by atoms with Crippen LogP contribution in [0.1, 0.15) is 43.9 Å². The predicted octanol–water partition coefficient (Wildman–Crippen LogP) is 2.96. The van der Waals surface area contributed by atoms with Crippen LogP contribution in [0.4, 0.5) is 0 Å². The molecule has 0 spiro atoms. The van der Waals surface area contributed by atoms with E-state index in [0.717, 1.165) is 19.6 Å². The molecule has 0 aromatic heterocycles. The zero-order chi connectivity index (χ0) is 15.7. The Labute approximate surface area is 128 Å². The van der Waals surface area contributed by atoms with Gasteiger partial charge >= 0.3 is 0 Å². The van der Waals surface area contributed by atoms with E-state index in [4.69, 9.17) is 4.74 Å². The van der Waals surface area contributed by atoms with E-state index in [1.807, 2.05) is 6.92 Å². The Bertz CT molecular complexity index is 498. The topological polar surface area (TPSA) is 41.5 Å². The zero-order valence-corrected chi connectivity index (χ0v) is 14.0. The zero-order valence-electron chi connectivity index (χ0n) is 14.0. The van der Waals surface area contributed by atoms with Gasteiger partial charge in [0.05, 0.1) is 18.2 Å². The lowest BCUT2D eigenvalue weighted by molar-refractivity contribution is -0.177. The van der Waals surface area contributed by atoms with Crippen LogP contribution in [0.15, 0.2) is 18.2 Å². The molecule has 2 rings (SSSR count). The van der Waals surface area contributed by atoms with Crippen molar-refractivity contribution >= 4 is 0 Å². The quantitative estimate of drug-likeness (QED) is 0.846. The molecular formula is C18H29NO2. The summed E-state index contributed by atoms with van der Waals surface area (Å²) in [6.45, 7) is 12.3. The molecule has 0 amide bonds. The summed E-state index contributed by atoms with van der Waals surface area (Å²) in [6, 6.07) is 6.54. The second-order valence-corrected chi connectivity index (χ2v) is 6.88. The minimum absolute atomic E-state index is 0.0580. The molecule has 3 nitrogen and oxygen atoms in total. The van der Waals surface area contributed by atoms with Gasteiger partial charge < -0.3 is 15.2 Å². The van der Waals surface area contributed by atoms with Crippen LogP contribution in [-0.2, 0) is 11.3 Å². The van der Waals surface area contributed by atoms with E-state index in [2.05, 4.69) is 51.2 Å². The van der Waals surface area contributed by atoms with E-state index in [9.17, 15) is 5.11 Å². The molecule has 1 fully saturated rings. The maximum absolute atomic E-state index is 9.92. The fourth-order valence-corrected chi connectivity index (χ4v) is 3.29. The molecule has 118 valence electrons. The van der Waals surface area contributed by atoms with Crippen LogP contribution >= 0.6 is 0 Å². The molecule has 0 heterocycles. The molecule has 2 unspecified atom stereocenters. The van der Waals surface area contributed by atoms with Gasteiger partial charge in [0, 0.05) is 18.6 Å². The summed E-state index contributed by atoms with van der Waals surface area (Å²) in [5.74, 6) is 0. The van der Waals surface area contributed by atoms with Gasteiger partial charge in [0.1, 0.15) is 0 Å². The molecule has 1 aliphatic rings. The second-order valence-electron chi connectivity index (χ2n) is 6.88. The van der Waals surface area contributed by atoms with Crippen molar-refractivity contribution in [3.05, 3.63) is 34.9 Å². The first-order chi connectivity index (χ1) is 9.86. The van der Waals surface area contributed by atoms with Gasteiger partial charge in [0.25, 0.3) is 0 Å². The number of aryl methyl sites for hydroxylation is 2. The second kappa shape index (κ2) is 6.07. The van der Waals surface area contributed by atoms with Gasteiger partial charge in [0.2, 0.25) is 0 Å². The maximum atomic E-state index is 9.92. The number of hydrogen-bond acceptors (Lipinski definition) is 3. The molecule has 1 saturated carbocycles. The third-order valence-electron chi connectivity index (χ3n) is 5.41. The van der Waals surface area contributed by atoms with Gasteiger partial charge in [-0.1, -0.05) is 32.0 Å². The molecule has 0 saturated heterocycles. The van der Waals surface area contributed by atoms with E-state index < -0.39 is 0 Å². The van der Waals surface area contributed by atoms with Gasteiger partial charge in [-0.3, -0.25) is 0 Å². The lowest BCUT2D eigenvalue weighted by Crippen LogP contribution is -2.73. The lowest BCUT2D eigenvalue weighted by atomic mass is 9.54. The summed E-state index contributed by atoms with van der Waals surface area (Å²) >= 11 is 0. The summed E-state index contributed by atoms with van der Waals surface area (Å²) < 4.78 is 5.79. The van der Waals surface area contributed by atoms with Crippen molar-refractivity contribution in [2.75, 3.05) is 13.2 Å². The van der Waals surface area contributed by atoms with Crippen LogP contribution < -0.4 is 5.32 Å². The number of hydrogen-bond donors (Lipinski definition) is 2. The molecule has 0 aliphatic heterocycles. The molecule has 1 aliphatic carbocycles. The Kier molecular flexibility index (Phi) is 4.76. The largest absolute Gasteiger partial charge is 0.394 e. The molecule has 21 heavy (non-hydrogen) atoms. The molecule has 3 heteroatoms. The van der Waals surface area contributed by atoms with Gasteiger partial charge in [0.15, 0.2) is 0 Å². The first-order valence-electron chi connectivity index (χ1n) is 7.90. The molecule has 1 aromatic rings. The third kappa shape index (κ3) is 2.87. The fraction of sp³-hybridized carbons (Fsp3) is 0.667. The number of aliphatic hydroxyl groups is 1. The van der Waals surface area contributed by atoms with Crippen molar-refractivity contribution in [2.24, 2.45) is 5.41 Å². The van der Waals surface area contributed by atoms with Gasteiger partial charge in [-0.15, -0.1) is 0 Å². The number of rotatable bonds is 6. The molecule has 2 atom stereocenters. The van der Waals surface area contributed by atoms with Crippen molar-refractivity contribution in [3.63, 3.8) is 0 Å². The van der Waals surface area contributed by atoms with Crippen molar-refractivity contribution < 1.29 is 9.84 Å². The fourth-order valence-electron chi connectivity index (χ4n) is 3.29.